The number of nitrogens with two attached hydrogens (primary N) is 1. The molecule has 21 heavy (non-hydrogen) atoms. The van der Waals surface area contributed by atoms with Gasteiger partial charge in [-0.3, -0.25) is 14.3 Å². The fourth-order valence-electron chi connectivity index (χ4n) is 3.08. The molecule has 1 aromatic carbocycles. The summed E-state index contributed by atoms with van der Waals surface area (Å²) in [6, 6.07) is 7.02. The van der Waals surface area contributed by atoms with E-state index in [9.17, 15) is 9.59 Å². The SMILES string of the molecule is Nc1ccc2ccn(C(=O)N(C=O)C3CCCCC3)c2c1. The van der Waals surface area contributed by atoms with Crippen LogP contribution in [-0.2, 0) is 4.79 Å². The molecule has 0 unspecified atom stereocenters. The average Bonchev–Trinajstić information content (AvgIpc) is 2.92. The molecule has 5 heteroatoms. The number of amides is 2. The molecule has 2 aromatic rings. The molecule has 2 amide bonds. The fourth-order valence-corrected chi connectivity index (χ4v) is 3.08. The highest BCUT2D eigenvalue weighted by atomic mass is 16.2. The molecule has 1 aliphatic rings. The maximum Gasteiger partial charge on any atom is 0.335 e. The van der Waals surface area contributed by atoms with Gasteiger partial charge in [-0.05, 0) is 31.0 Å². The van der Waals surface area contributed by atoms with E-state index in [1.807, 2.05) is 12.1 Å². The van der Waals surface area contributed by atoms with Gasteiger partial charge < -0.3 is 5.73 Å². The van der Waals surface area contributed by atoms with Gasteiger partial charge in [-0.1, -0.05) is 25.3 Å². The number of fused-ring (bicyclic) bond motifs is 1. The first-order chi connectivity index (χ1) is 10.2. The molecule has 3 rings (SSSR count). The van der Waals surface area contributed by atoms with Gasteiger partial charge in [0.1, 0.15) is 0 Å². The zero-order chi connectivity index (χ0) is 14.8. The lowest BCUT2D eigenvalue weighted by Crippen LogP contribution is -2.42. The van der Waals surface area contributed by atoms with Crippen LogP contribution in [0.2, 0.25) is 0 Å². The van der Waals surface area contributed by atoms with Gasteiger partial charge in [0.2, 0.25) is 6.41 Å². The second-order valence-corrected chi connectivity index (χ2v) is 5.59. The number of hydrogen-bond donors (Lipinski definition) is 1. The van der Waals surface area contributed by atoms with Crippen molar-refractivity contribution in [2.75, 3.05) is 5.73 Å². The zero-order valence-corrected chi connectivity index (χ0v) is 11.9. The van der Waals surface area contributed by atoms with Gasteiger partial charge in [-0.15, -0.1) is 0 Å². The predicted molar refractivity (Wildman–Crippen MR) is 81.9 cm³/mol. The fraction of sp³-hybridized carbons (Fsp3) is 0.375. The Labute approximate surface area is 123 Å². The number of carbonyl (C=O) groups is 2. The van der Waals surface area contributed by atoms with Crippen LogP contribution in [0.3, 0.4) is 0 Å². The third kappa shape index (κ3) is 2.51. The Morgan fingerprint density at radius 3 is 2.71 bits per heavy atom. The number of rotatable bonds is 2. The van der Waals surface area contributed by atoms with Crippen LogP contribution in [0.1, 0.15) is 32.1 Å². The van der Waals surface area contributed by atoms with Gasteiger partial charge >= 0.3 is 6.03 Å². The summed E-state index contributed by atoms with van der Waals surface area (Å²) in [5, 5.41) is 0.937. The van der Waals surface area contributed by atoms with Gasteiger partial charge in [0.25, 0.3) is 0 Å². The molecule has 0 bridgehead atoms. The van der Waals surface area contributed by atoms with Gasteiger partial charge in [-0.25, -0.2) is 4.79 Å². The van der Waals surface area contributed by atoms with E-state index < -0.39 is 0 Å². The predicted octanol–water partition coefficient (Wildman–Crippen LogP) is 2.98. The standard InChI is InChI=1S/C16H19N3O2/c17-13-7-6-12-8-9-18(15(12)10-13)16(21)19(11-20)14-4-2-1-3-5-14/h6-11,14H,1-5,17H2. The van der Waals surface area contributed by atoms with E-state index in [4.69, 9.17) is 5.73 Å². The highest BCUT2D eigenvalue weighted by molar-refractivity contribution is 5.96. The van der Waals surface area contributed by atoms with E-state index in [0.717, 1.165) is 36.6 Å². The topological polar surface area (TPSA) is 68.3 Å². The summed E-state index contributed by atoms with van der Waals surface area (Å²) in [6.07, 6.45) is 7.48. The van der Waals surface area contributed by atoms with Crippen LogP contribution in [0.25, 0.3) is 10.9 Å². The van der Waals surface area contributed by atoms with Crippen LogP contribution in [0.5, 0.6) is 0 Å². The van der Waals surface area contributed by atoms with E-state index in [-0.39, 0.29) is 12.1 Å². The molecular formula is C16H19N3O2. The summed E-state index contributed by atoms with van der Waals surface area (Å²) in [4.78, 5) is 25.4. The largest absolute Gasteiger partial charge is 0.399 e. The minimum absolute atomic E-state index is 0.0160. The Morgan fingerprint density at radius 1 is 1.24 bits per heavy atom. The first kappa shape index (κ1) is 13.7. The molecule has 0 saturated heterocycles. The van der Waals surface area contributed by atoms with Gasteiger partial charge in [0.05, 0.1) is 5.52 Å². The summed E-state index contributed by atoms with van der Waals surface area (Å²) < 4.78 is 1.51. The minimum Gasteiger partial charge on any atom is -0.399 e. The molecule has 2 N–H and O–H groups in total. The number of hydrogen-bond acceptors (Lipinski definition) is 3. The lowest BCUT2D eigenvalue weighted by atomic mass is 9.95. The zero-order valence-electron chi connectivity index (χ0n) is 11.9. The molecule has 0 spiro atoms. The van der Waals surface area contributed by atoms with Crippen molar-refractivity contribution in [2.24, 2.45) is 0 Å². The first-order valence-electron chi connectivity index (χ1n) is 7.35. The molecule has 0 radical (unpaired) electrons. The maximum absolute atomic E-state index is 12.7. The Balaban J connectivity index is 1.94. The van der Waals surface area contributed by atoms with Crippen molar-refractivity contribution in [1.82, 2.24) is 9.47 Å². The summed E-state index contributed by atoms with van der Waals surface area (Å²) in [6.45, 7) is 0. The Hall–Kier alpha value is -2.30. The third-order valence-corrected chi connectivity index (χ3v) is 4.23. The Kier molecular flexibility index (Phi) is 3.64. The van der Waals surface area contributed by atoms with Gasteiger partial charge in [-0.2, -0.15) is 0 Å². The van der Waals surface area contributed by atoms with Crippen LogP contribution in [0.4, 0.5) is 10.5 Å². The molecule has 0 aliphatic heterocycles. The number of imide groups is 1. The van der Waals surface area contributed by atoms with Crippen LogP contribution >= 0.6 is 0 Å². The van der Waals surface area contributed by atoms with E-state index in [1.165, 1.54) is 15.9 Å². The molecule has 1 fully saturated rings. The normalized spacial score (nSPS) is 16.0. The number of anilines is 1. The molecular weight excluding hydrogens is 266 g/mol. The molecule has 110 valence electrons. The maximum atomic E-state index is 12.7. The molecule has 1 aromatic heterocycles. The first-order valence-corrected chi connectivity index (χ1v) is 7.35. The second-order valence-electron chi connectivity index (χ2n) is 5.59. The molecule has 5 nitrogen and oxygen atoms in total. The van der Waals surface area contributed by atoms with Crippen molar-refractivity contribution >= 4 is 29.0 Å². The third-order valence-electron chi connectivity index (χ3n) is 4.23. The Morgan fingerprint density at radius 2 is 2.00 bits per heavy atom. The quantitative estimate of drug-likeness (QED) is 0.681. The molecule has 0 atom stereocenters. The van der Waals surface area contributed by atoms with E-state index >= 15 is 0 Å². The van der Waals surface area contributed by atoms with E-state index in [0.29, 0.717) is 12.1 Å². The summed E-state index contributed by atoms with van der Waals surface area (Å²) in [5.41, 5.74) is 7.14. The van der Waals surface area contributed by atoms with Crippen LogP contribution in [-0.4, -0.2) is 28.0 Å². The number of aromatic nitrogens is 1. The number of nitrogen functional groups attached to an aromatic ring is 1. The second kappa shape index (κ2) is 5.60. The van der Waals surface area contributed by atoms with Crippen molar-refractivity contribution in [3.05, 3.63) is 30.5 Å². The smallest absolute Gasteiger partial charge is 0.335 e. The van der Waals surface area contributed by atoms with Crippen molar-refractivity contribution in [2.45, 2.75) is 38.1 Å². The molecule has 1 heterocycles. The highest BCUT2D eigenvalue weighted by Crippen LogP contribution is 2.24. The van der Waals surface area contributed by atoms with Gasteiger partial charge in [0.15, 0.2) is 0 Å². The van der Waals surface area contributed by atoms with Crippen LogP contribution < -0.4 is 5.73 Å². The average molecular weight is 285 g/mol. The lowest BCUT2D eigenvalue weighted by molar-refractivity contribution is -0.117. The monoisotopic (exact) mass is 285 g/mol. The van der Waals surface area contributed by atoms with E-state index in [2.05, 4.69) is 0 Å². The van der Waals surface area contributed by atoms with Crippen molar-refractivity contribution < 1.29 is 9.59 Å². The van der Waals surface area contributed by atoms with Crippen molar-refractivity contribution in [3.8, 4) is 0 Å². The van der Waals surface area contributed by atoms with Crippen molar-refractivity contribution in [1.29, 1.82) is 0 Å². The van der Waals surface area contributed by atoms with Crippen LogP contribution in [0, 0.1) is 0 Å². The van der Waals surface area contributed by atoms with Crippen molar-refractivity contribution in [3.63, 3.8) is 0 Å². The van der Waals surface area contributed by atoms with Gasteiger partial charge in [0, 0.05) is 23.3 Å². The molecule has 1 saturated carbocycles. The van der Waals surface area contributed by atoms with E-state index in [1.54, 1.807) is 18.3 Å². The minimum atomic E-state index is -0.294. The highest BCUT2D eigenvalue weighted by Gasteiger charge is 2.26. The lowest BCUT2D eigenvalue weighted by Gasteiger charge is -2.29. The summed E-state index contributed by atoms with van der Waals surface area (Å²) in [5.74, 6) is 0. The number of carbonyl (C=O) groups excluding carboxylic acids is 2. The summed E-state index contributed by atoms with van der Waals surface area (Å²) >= 11 is 0. The Bertz CT molecular complexity index is 671. The summed E-state index contributed by atoms with van der Waals surface area (Å²) in [7, 11) is 0. The molecule has 1 aliphatic carbocycles. The number of nitrogens with zero attached hydrogens (tertiary/aromatic N) is 2. The number of benzene rings is 1. The van der Waals surface area contributed by atoms with Crippen LogP contribution in [0.15, 0.2) is 30.5 Å².